The number of imidazole rings is 2. The number of thiazole rings is 1. The van der Waals surface area contributed by atoms with Gasteiger partial charge in [0.15, 0.2) is 10.8 Å². The van der Waals surface area contributed by atoms with Crippen LogP contribution < -0.4 is 0 Å². The summed E-state index contributed by atoms with van der Waals surface area (Å²) in [5, 5.41) is 14.5. The van der Waals surface area contributed by atoms with E-state index in [4.69, 9.17) is 9.97 Å². The number of benzene rings is 4. The van der Waals surface area contributed by atoms with Crippen molar-refractivity contribution in [2.45, 2.75) is 33.2 Å². The monoisotopic (exact) mass is 606 g/mol. The number of hydrogen-bond donors (Lipinski definition) is 1. The van der Waals surface area contributed by atoms with Crippen LogP contribution in [0, 0.1) is 6.92 Å². The van der Waals surface area contributed by atoms with Crippen LogP contribution >= 0.6 is 11.3 Å². The number of nitrogens with one attached hydrogen (secondary N) is 1. The van der Waals surface area contributed by atoms with Crippen molar-refractivity contribution in [1.29, 1.82) is 0 Å². The molecule has 45 heavy (non-hydrogen) atoms. The van der Waals surface area contributed by atoms with Gasteiger partial charge in [0.1, 0.15) is 5.82 Å². The highest BCUT2D eigenvalue weighted by Gasteiger charge is 2.17. The molecule has 220 valence electrons. The van der Waals surface area contributed by atoms with E-state index in [1.54, 1.807) is 11.3 Å². The quantitative estimate of drug-likeness (QED) is 0.188. The highest BCUT2D eigenvalue weighted by Crippen LogP contribution is 2.34. The summed E-state index contributed by atoms with van der Waals surface area (Å²) >= 11 is 1.71. The van der Waals surface area contributed by atoms with Crippen LogP contribution in [0.25, 0.3) is 60.2 Å². The Kier molecular flexibility index (Phi) is 6.80. The molecule has 0 aliphatic heterocycles. The fraction of sp³-hybridized carbons (Fsp3) is 0.139. The average molecular weight is 607 g/mol. The number of fused-ring (bicyclic) bond motifs is 2. The molecule has 0 aliphatic rings. The van der Waals surface area contributed by atoms with Crippen molar-refractivity contribution in [2.75, 3.05) is 0 Å². The third-order valence-electron chi connectivity index (χ3n) is 8.24. The van der Waals surface area contributed by atoms with E-state index in [-0.39, 0.29) is 0 Å². The van der Waals surface area contributed by atoms with E-state index >= 15 is 0 Å². The highest BCUT2D eigenvalue weighted by atomic mass is 32.1. The number of aromatic nitrogens is 8. The van der Waals surface area contributed by atoms with Gasteiger partial charge in [0, 0.05) is 36.5 Å². The van der Waals surface area contributed by atoms with E-state index in [0.717, 1.165) is 74.7 Å². The number of nitrogens with zero attached hydrogens (tertiary/aromatic N) is 7. The molecule has 8 nitrogen and oxygen atoms in total. The van der Waals surface area contributed by atoms with E-state index in [0.29, 0.717) is 5.82 Å². The standard InChI is InChI=1S/C36H30N8S/c1-3-9-33-38-34-23(2)18-27(30-21-43-22-32(45-36(43)37-30)26-10-5-4-6-11-26)19-31(34)44(33)20-24-14-16-25(17-15-24)28-12-7-8-13-29(28)35-39-41-42-40-35/h4-8,10-19,21-22H,3,9,20H2,1-2H3,(H,39,40,41,42). The largest absolute Gasteiger partial charge is 0.323 e. The van der Waals surface area contributed by atoms with Crippen LogP contribution in [0.15, 0.2) is 103 Å². The first kappa shape index (κ1) is 27.2. The van der Waals surface area contributed by atoms with Gasteiger partial charge in [-0.3, -0.25) is 4.40 Å². The fourth-order valence-corrected chi connectivity index (χ4v) is 7.01. The van der Waals surface area contributed by atoms with Crippen molar-refractivity contribution < 1.29 is 0 Å². The van der Waals surface area contributed by atoms with Crippen LogP contribution in [0.3, 0.4) is 0 Å². The number of H-pyrrole nitrogens is 1. The van der Waals surface area contributed by atoms with Gasteiger partial charge >= 0.3 is 0 Å². The van der Waals surface area contributed by atoms with Crippen LogP contribution in [0.2, 0.25) is 0 Å². The molecule has 4 heterocycles. The average Bonchev–Trinajstić information content (AvgIpc) is 3.87. The first-order chi connectivity index (χ1) is 22.1. The molecular weight excluding hydrogens is 577 g/mol. The zero-order chi connectivity index (χ0) is 30.3. The minimum atomic E-state index is 0.657. The maximum Gasteiger partial charge on any atom is 0.194 e. The van der Waals surface area contributed by atoms with E-state index in [2.05, 4.69) is 123 Å². The molecule has 0 fully saturated rings. The smallest absolute Gasteiger partial charge is 0.194 e. The molecule has 0 saturated carbocycles. The second-order valence-corrected chi connectivity index (χ2v) is 12.3. The van der Waals surface area contributed by atoms with Crippen molar-refractivity contribution in [2.24, 2.45) is 0 Å². The van der Waals surface area contributed by atoms with Gasteiger partial charge in [-0.15, -0.1) is 5.10 Å². The zero-order valence-corrected chi connectivity index (χ0v) is 25.8. The number of hydrogen-bond acceptors (Lipinski definition) is 6. The lowest BCUT2D eigenvalue weighted by Gasteiger charge is -2.12. The van der Waals surface area contributed by atoms with Crippen LogP contribution in [0.1, 0.15) is 30.3 Å². The molecule has 1 N–H and O–H groups in total. The molecule has 0 atom stereocenters. The molecular formula is C36H30N8S. The van der Waals surface area contributed by atoms with Crippen LogP contribution in [-0.2, 0) is 13.0 Å². The SMILES string of the molecule is CCCc1nc2c(C)cc(-c3cn4cc(-c5ccccc5)sc4n3)cc2n1Cc1ccc(-c2ccccc2-c2nnn[nH]2)cc1. The van der Waals surface area contributed by atoms with Crippen molar-refractivity contribution >= 4 is 27.3 Å². The molecule has 0 aliphatic carbocycles. The Bertz CT molecular complexity index is 2230. The molecule has 8 rings (SSSR count). The lowest BCUT2D eigenvalue weighted by molar-refractivity contribution is 0.722. The van der Waals surface area contributed by atoms with Gasteiger partial charge < -0.3 is 4.57 Å². The molecule has 0 bridgehead atoms. The molecule has 0 spiro atoms. The van der Waals surface area contributed by atoms with E-state index in [9.17, 15) is 0 Å². The van der Waals surface area contributed by atoms with Crippen LogP contribution in [0.4, 0.5) is 0 Å². The summed E-state index contributed by atoms with van der Waals surface area (Å²) < 4.78 is 4.52. The molecule has 9 heteroatoms. The molecule has 0 amide bonds. The third-order valence-corrected chi connectivity index (χ3v) is 9.29. The van der Waals surface area contributed by atoms with Crippen molar-refractivity contribution in [3.8, 4) is 44.2 Å². The maximum absolute atomic E-state index is 5.13. The topological polar surface area (TPSA) is 89.6 Å². The van der Waals surface area contributed by atoms with Crippen molar-refractivity contribution in [1.82, 2.24) is 39.6 Å². The van der Waals surface area contributed by atoms with Gasteiger partial charge in [0.2, 0.25) is 0 Å². The van der Waals surface area contributed by atoms with Crippen LogP contribution in [0.5, 0.6) is 0 Å². The minimum Gasteiger partial charge on any atom is -0.323 e. The summed E-state index contributed by atoms with van der Waals surface area (Å²) in [7, 11) is 0. The zero-order valence-electron chi connectivity index (χ0n) is 25.0. The third kappa shape index (κ3) is 5.01. The van der Waals surface area contributed by atoms with Crippen LogP contribution in [-0.4, -0.2) is 39.6 Å². The van der Waals surface area contributed by atoms with Gasteiger partial charge in [-0.25, -0.2) is 15.1 Å². The number of aryl methyl sites for hydroxylation is 2. The van der Waals surface area contributed by atoms with E-state index in [1.165, 1.54) is 16.0 Å². The lowest BCUT2D eigenvalue weighted by atomic mass is 9.98. The predicted molar refractivity (Wildman–Crippen MR) is 180 cm³/mol. The first-order valence-corrected chi connectivity index (χ1v) is 15.9. The van der Waals surface area contributed by atoms with Gasteiger partial charge in [-0.2, -0.15) is 0 Å². The van der Waals surface area contributed by atoms with Gasteiger partial charge in [-0.05, 0) is 63.7 Å². The number of rotatable bonds is 8. The predicted octanol–water partition coefficient (Wildman–Crippen LogP) is 8.24. The number of aromatic amines is 1. The lowest BCUT2D eigenvalue weighted by Crippen LogP contribution is -2.05. The summed E-state index contributed by atoms with van der Waals surface area (Å²) in [6, 6.07) is 31.9. The Morgan fingerprint density at radius 3 is 2.36 bits per heavy atom. The molecule has 8 aromatic rings. The summed E-state index contributed by atoms with van der Waals surface area (Å²) in [5.41, 5.74) is 11.0. The Morgan fingerprint density at radius 1 is 0.800 bits per heavy atom. The fourth-order valence-electron chi connectivity index (χ4n) is 6.04. The minimum absolute atomic E-state index is 0.657. The van der Waals surface area contributed by atoms with Gasteiger partial charge in [-0.1, -0.05) is 97.1 Å². The van der Waals surface area contributed by atoms with Crippen molar-refractivity contribution in [3.05, 3.63) is 120 Å². The van der Waals surface area contributed by atoms with Gasteiger partial charge in [0.05, 0.1) is 21.6 Å². The number of tetrazole rings is 1. The molecule has 0 radical (unpaired) electrons. The van der Waals surface area contributed by atoms with Crippen molar-refractivity contribution in [3.63, 3.8) is 0 Å². The molecule has 4 aromatic heterocycles. The molecule has 4 aromatic carbocycles. The van der Waals surface area contributed by atoms with E-state index in [1.807, 2.05) is 24.3 Å². The highest BCUT2D eigenvalue weighted by molar-refractivity contribution is 7.20. The van der Waals surface area contributed by atoms with E-state index < -0.39 is 0 Å². The molecule has 0 unspecified atom stereocenters. The van der Waals surface area contributed by atoms with Gasteiger partial charge in [0.25, 0.3) is 0 Å². The Labute approximate surface area is 264 Å². The summed E-state index contributed by atoms with van der Waals surface area (Å²) in [6.45, 7) is 5.10. The maximum atomic E-state index is 5.13. The second-order valence-electron chi connectivity index (χ2n) is 11.3. The summed E-state index contributed by atoms with van der Waals surface area (Å²) in [5.74, 6) is 1.77. The summed E-state index contributed by atoms with van der Waals surface area (Å²) in [4.78, 5) is 12.4. The normalized spacial score (nSPS) is 11.6. The first-order valence-electron chi connectivity index (χ1n) is 15.1. The Balaban J connectivity index is 1.14. The Morgan fingerprint density at radius 2 is 1.60 bits per heavy atom. The summed E-state index contributed by atoms with van der Waals surface area (Å²) in [6.07, 6.45) is 6.26. The second kappa shape index (κ2) is 11.3. The molecule has 0 saturated heterocycles. The Hall–Kier alpha value is -5.41.